The number of amides is 1. The Hall–Kier alpha value is -1.26. The maximum atomic E-state index is 12.3. The van der Waals surface area contributed by atoms with Gasteiger partial charge in [0, 0.05) is 0 Å². The van der Waals surface area contributed by atoms with Gasteiger partial charge in [0.2, 0.25) is 0 Å². The Morgan fingerprint density at radius 2 is 1.44 bits per heavy atom. The van der Waals surface area contributed by atoms with Crippen molar-refractivity contribution in [1.82, 2.24) is 5.32 Å². The van der Waals surface area contributed by atoms with Crippen LogP contribution in [0.2, 0.25) is 0 Å². The molecule has 0 aliphatic rings. The Morgan fingerprint density at radius 1 is 0.889 bits per heavy atom. The molecule has 0 aromatic heterocycles. The zero-order valence-electron chi connectivity index (χ0n) is 18.6. The molecule has 0 heterocycles. The fraction of sp³-hybridized carbons (Fsp3) is 0.909. The van der Waals surface area contributed by atoms with Crippen LogP contribution >= 0.6 is 0 Å². The maximum Gasteiger partial charge on any atom is 0.407 e. The first-order valence-electron chi connectivity index (χ1n) is 10.8. The van der Waals surface area contributed by atoms with E-state index in [9.17, 15) is 9.59 Å². The molecule has 1 amide bonds. The van der Waals surface area contributed by atoms with Gasteiger partial charge in [-0.3, -0.25) is 0 Å². The van der Waals surface area contributed by atoms with E-state index in [1.165, 1.54) is 38.5 Å². The summed E-state index contributed by atoms with van der Waals surface area (Å²) >= 11 is 0. The number of ether oxygens (including phenoxy) is 2. The quantitative estimate of drug-likeness (QED) is 0.300. The largest absolute Gasteiger partial charge is 0.464 e. The normalized spacial score (nSPS) is 12.7. The van der Waals surface area contributed by atoms with Gasteiger partial charge in [-0.05, 0) is 24.2 Å². The predicted octanol–water partition coefficient (Wildman–Crippen LogP) is 5.86. The number of rotatable bonds is 14. The Morgan fingerprint density at radius 3 is 1.96 bits per heavy atom. The van der Waals surface area contributed by atoms with E-state index in [4.69, 9.17) is 9.47 Å². The molecule has 5 heteroatoms. The number of esters is 1. The van der Waals surface area contributed by atoms with Gasteiger partial charge in [-0.2, -0.15) is 0 Å². The Kier molecular flexibility index (Phi) is 14.1. The average molecular weight is 386 g/mol. The molecule has 0 bridgehead atoms. The molecule has 0 spiro atoms. The Labute approximate surface area is 167 Å². The van der Waals surface area contributed by atoms with Crippen LogP contribution in [-0.2, 0) is 14.3 Å². The van der Waals surface area contributed by atoms with Crippen LogP contribution in [0.3, 0.4) is 0 Å². The lowest BCUT2D eigenvalue weighted by molar-refractivity contribution is -0.146. The van der Waals surface area contributed by atoms with Crippen molar-refractivity contribution in [3.05, 3.63) is 0 Å². The number of carbonyl (C=O) groups excluding carboxylic acids is 2. The van der Waals surface area contributed by atoms with E-state index < -0.39 is 12.1 Å². The SMILES string of the molecule is CCCCCCCCCCOC(=O)C(CC(C)C)NC(=O)OCC(C)(C)C. The molecule has 0 aromatic carbocycles. The first-order chi connectivity index (χ1) is 12.7. The van der Waals surface area contributed by atoms with Crippen molar-refractivity contribution in [3.8, 4) is 0 Å². The molecule has 0 rings (SSSR count). The van der Waals surface area contributed by atoms with Gasteiger partial charge in [0.25, 0.3) is 0 Å². The summed E-state index contributed by atoms with van der Waals surface area (Å²) in [6.07, 6.45) is 9.59. The third kappa shape index (κ3) is 16.6. The zero-order valence-corrected chi connectivity index (χ0v) is 18.6. The highest BCUT2D eigenvalue weighted by Gasteiger charge is 2.24. The van der Waals surface area contributed by atoms with Crippen LogP contribution in [0.4, 0.5) is 4.79 Å². The lowest BCUT2D eigenvalue weighted by Crippen LogP contribution is -2.43. The van der Waals surface area contributed by atoms with E-state index in [0.29, 0.717) is 19.6 Å². The van der Waals surface area contributed by atoms with Crippen LogP contribution in [0.25, 0.3) is 0 Å². The van der Waals surface area contributed by atoms with Crippen molar-refractivity contribution in [2.24, 2.45) is 11.3 Å². The third-order valence-electron chi connectivity index (χ3n) is 4.16. The summed E-state index contributed by atoms with van der Waals surface area (Å²) in [5.74, 6) is -0.0899. The van der Waals surface area contributed by atoms with E-state index in [0.717, 1.165) is 12.8 Å². The summed E-state index contributed by atoms with van der Waals surface area (Å²) in [5, 5.41) is 2.67. The minimum Gasteiger partial charge on any atom is -0.464 e. The first kappa shape index (κ1) is 25.7. The molecular formula is C22H43NO4. The molecule has 5 nitrogen and oxygen atoms in total. The summed E-state index contributed by atoms with van der Waals surface area (Å²) in [6, 6.07) is -0.647. The molecule has 0 saturated carbocycles. The van der Waals surface area contributed by atoms with Crippen molar-refractivity contribution in [2.45, 2.75) is 105 Å². The van der Waals surface area contributed by atoms with Crippen LogP contribution in [0.1, 0.15) is 99.3 Å². The summed E-state index contributed by atoms with van der Waals surface area (Å²) in [4.78, 5) is 24.3. The van der Waals surface area contributed by atoms with Crippen LogP contribution in [-0.4, -0.2) is 31.3 Å². The molecule has 0 aromatic rings. The molecule has 1 unspecified atom stereocenters. The van der Waals surface area contributed by atoms with Crippen LogP contribution < -0.4 is 5.32 Å². The van der Waals surface area contributed by atoms with E-state index >= 15 is 0 Å². The van der Waals surface area contributed by atoms with E-state index in [2.05, 4.69) is 12.2 Å². The number of hydrogen-bond acceptors (Lipinski definition) is 4. The molecule has 1 N–H and O–H groups in total. The van der Waals surface area contributed by atoms with Gasteiger partial charge in [-0.25, -0.2) is 9.59 Å². The van der Waals surface area contributed by atoms with Gasteiger partial charge in [0.1, 0.15) is 6.04 Å². The maximum absolute atomic E-state index is 12.3. The van der Waals surface area contributed by atoms with E-state index in [-0.39, 0.29) is 17.3 Å². The molecule has 1 atom stereocenters. The van der Waals surface area contributed by atoms with Crippen molar-refractivity contribution < 1.29 is 19.1 Å². The van der Waals surface area contributed by atoms with Crippen molar-refractivity contribution in [3.63, 3.8) is 0 Å². The Bertz CT molecular complexity index is 402. The molecule has 0 fully saturated rings. The molecule has 0 saturated heterocycles. The highest BCUT2D eigenvalue weighted by Crippen LogP contribution is 2.14. The van der Waals surface area contributed by atoms with Crippen LogP contribution in [0.15, 0.2) is 0 Å². The smallest absolute Gasteiger partial charge is 0.407 e. The fourth-order valence-electron chi connectivity index (χ4n) is 2.66. The lowest BCUT2D eigenvalue weighted by Gasteiger charge is -2.22. The van der Waals surface area contributed by atoms with Gasteiger partial charge >= 0.3 is 12.1 Å². The second-order valence-corrected chi connectivity index (χ2v) is 9.11. The van der Waals surface area contributed by atoms with Gasteiger partial charge in [0.05, 0.1) is 13.2 Å². The van der Waals surface area contributed by atoms with E-state index in [1.807, 2.05) is 34.6 Å². The minimum absolute atomic E-state index is 0.109. The summed E-state index contributed by atoms with van der Waals surface area (Å²) in [7, 11) is 0. The number of hydrogen-bond donors (Lipinski definition) is 1. The van der Waals surface area contributed by atoms with Crippen LogP contribution in [0.5, 0.6) is 0 Å². The summed E-state index contributed by atoms with van der Waals surface area (Å²) < 4.78 is 10.6. The Balaban J connectivity index is 4.10. The molecular weight excluding hydrogens is 342 g/mol. The molecule has 0 aliphatic heterocycles. The molecule has 27 heavy (non-hydrogen) atoms. The van der Waals surface area contributed by atoms with Gasteiger partial charge in [0.15, 0.2) is 0 Å². The minimum atomic E-state index is -0.647. The highest BCUT2D eigenvalue weighted by atomic mass is 16.6. The summed E-state index contributed by atoms with van der Waals surface area (Å²) in [6.45, 7) is 12.9. The van der Waals surface area contributed by atoms with Crippen molar-refractivity contribution >= 4 is 12.1 Å². The fourth-order valence-corrected chi connectivity index (χ4v) is 2.66. The number of alkyl carbamates (subject to hydrolysis) is 1. The summed E-state index contributed by atoms with van der Waals surface area (Å²) in [5.41, 5.74) is -0.109. The van der Waals surface area contributed by atoms with E-state index in [1.54, 1.807) is 0 Å². The van der Waals surface area contributed by atoms with Crippen LogP contribution in [0, 0.1) is 11.3 Å². The number of nitrogens with one attached hydrogen (secondary N) is 1. The molecule has 0 radical (unpaired) electrons. The highest BCUT2D eigenvalue weighted by molar-refractivity contribution is 5.81. The van der Waals surface area contributed by atoms with Gasteiger partial charge in [-0.15, -0.1) is 0 Å². The third-order valence-corrected chi connectivity index (χ3v) is 4.16. The van der Waals surface area contributed by atoms with Gasteiger partial charge < -0.3 is 14.8 Å². The van der Waals surface area contributed by atoms with Crippen molar-refractivity contribution in [1.29, 1.82) is 0 Å². The average Bonchev–Trinajstić information content (AvgIpc) is 2.56. The lowest BCUT2D eigenvalue weighted by atomic mass is 9.99. The first-order valence-corrected chi connectivity index (χ1v) is 10.8. The van der Waals surface area contributed by atoms with Crippen molar-refractivity contribution in [2.75, 3.05) is 13.2 Å². The second-order valence-electron chi connectivity index (χ2n) is 9.11. The standard InChI is InChI=1S/C22H43NO4/c1-7-8-9-10-11-12-13-14-15-26-20(24)19(16-18(2)3)23-21(25)27-17-22(4,5)6/h18-19H,7-17H2,1-6H3,(H,23,25). The zero-order chi connectivity index (χ0) is 20.7. The monoisotopic (exact) mass is 385 g/mol. The topological polar surface area (TPSA) is 64.6 Å². The number of carbonyl (C=O) groups is 2. The van der Waals surface area contributed by atoms with Gasteiger partial charge in [-0.1, -0.05) is 86.5 Å². The predicted molar refractivity (Wildman–Crippen MR) is 111 cm³/mol. The number of unbranched alkanes of at least 4 members (excludes halogenated alkanes) is 7. The molecule has 160 valence electrons. The second kappa shape index (κ2) is 14.8. The molecule has 0 aliphatic carbocycles.